The number of esters is 1. The highest BCUT2D eigenvalue weighted by molar-refractivity contribution is 5.69. The number of ether oxygens (including phenoxy) is 1. The van der Waals surface area contributed by atoms with Crippen molar-refractivity contribution in [3.05, 3.63) is 0 Å². The van der Waals surface area contributed by atoms with E-state index in [1.165, 1.54) is 135 Å². The highest BCUT2D eigenvalue weighted by Gasteiger charge is 2.17. The first-order chi connectivity index (χ1) is 14.8. The number of carbonyl (C=O) groups is 1. The van der Waals surface area contributed by atoms with Crippen molar-refractivity contribution in [2.45, 2.75) is 174 Å². The number of rotatable bonds is 21. The van der Waals surface area contributed by atoms with E-state index in [9.17, 15) is 4.79 Å². The Hall–Kier alpha value is -0.530. The summed E-state index contributed by atoms with van der Waals surface area (Å²) in [6.45, 7) is 2.29. The molecule has 178 valence electrons. The second-order valence-corrected chi connectivity index (χ2v) is 9.86. The summed E-state index contributed by atoms with van der Waals surface area (Å²) >= 11 is 0. The molecule has 1 aliphatic carbocycles. The SMILES string of the molecule is CCCCCCCCCCCCCCCCCCCCCC(=O)OC1CCCCC1. The van der Waals surface area contributed by atoms with Gasteiger partial charge in [-0.3, -0.25) is 4.79 Å². The molecule has 30 heavy (non-hydrogen) atoms. The Bertz CT molecular complexity index is 360. The fraction of sp³-hybridized carbons (Fsp3) is 0.964. The summed E-state index contributed by atoms with van der Waals surface area (Å²) < 4.78 is 5.59. The van der Waals surface area contributed by atoms with E-state index in [4.69, 9.17) is 4.74 Å². The molecular formula is C28H54O2. The highest BCUT2D eigenvalue weighted by atomic mass is 16.5. The molecule has 1 fully saturated rings. The minimum Gasteiger partial charge on any atom is -0.462 e. The van der Waals surface area contributed by atoms with Gasteiger partial charge >= 0.3 is 5.97 Å². The summed E-state index contributed by atoms with van der Waals surface area (Å²) in [4.78, 5) is 11.9. The Morgan fingerprint density at radius 2 is 0.933 bits per heavy atom. The first-order valence-corrected chi connectivity index (χ1v) is 14.0. The van der Waals surface area contributed by atoms with E-state index in [2.05, 4.69) is 6.92 Å². The van der Waals surface area contributed by atoms with E-state index in [-0.39, 0.29) is 12.1 Å². The van der Waals surface area contributed by atoms with Gasteiger partial charge in [0.15, 0.2) is 0 Å². The maximum Gasteiger partial charge on any atom is 0.306 e. The Balaban J connectivity index is 1.69. The van der Waals surface area contributed by atoms with E-state index < -0.39 is 0 Å². The molecule has 0 aliphatic heterocycles. The van der Waals surface area contributed by atoms with Crippen LogP contribution in [0.4, 0.5) is 0 Å². The van der Waals surface area contributed by atoms with Crippen molar-refractivity contribution in [3.63, 3.8) is 0 Å². The number of hydrogen-bond acceptors (Lipinski definition) is 2. The lowest BCUT2D eigenvalue weighted by atomic mass is 9.98. The van der Waals surface area contributed by atoms with Crippen molar-refractivity contribution in [3.8, 4) is 0 Å². The molecule has 0 N–H and O–H groups in total. The summed E-state index contributed by atoms with van der Waals surface area (Å²) in [6, 6.07) is 0. The molecule has 0 aromatic rings. The van der Waals surface area contributed by atoms with Crippen LogP contribution in [-0.2, 0) is 9.53 Å². The maximum atomic E-state index is 11.9. The van der Waals surface area contributed by atoms with Crippen molar-refractivity contribution < 1.29 is 9.53 Å². The van der Waals surface area contributed by atoms with Gasteiger partial charge in [0.1, 0.15) is 6.10 Å². The largest absolute Gasteiger partial charge is 0.462 e. The molecule has 0 atom stereocenters. The van der Waals surface area contributed by atoms with E-state index in [0.29, 0.717) is 6.42 Å². The molecule has 1 aliphatic rings. The third kappa shape index (κ3) is 18.3. The zero-order chi connectivity index (χ0) is 21.5. The zero-order valence-electron chi connectivity index (χ0n) is 20.6. The van der Waals surface area contributed by atoms with Gasteiger partial charge < -0.3 is 4.74 Å². The third-order valence-electron chi connectivity index (χ3n) is 6.83. The van der Waals surface area contributed by atoms with Crippen LogP contribution in [0, 0.1) is 0 Å². The standard InChI is InChI=1S/C28H54O2/c1-2-3-4-5-6-7-8-9-10-11-12-13-14-15-16-17-18-19-23-26-28(29)30-27-24-21-20-22-25-27/h27H,2-26H2,1H3. The zero-order valence-corrected chi connectivity index (χ0v) is 20.6. The van der Waals surface area contributed by atoms with E-state index >= 15 is 0 Å². The van der Waals surface area contributed by atoms with Gasteiger partial charge in [-0.1, -0.05) is 129 Å². The average Bonchev–Trinajstić information content (AvgIpc) is 2.76. The highest BCUT2D eigenvalue weighted by Crippen LogP contribution is 2.21. The van der Waals surface area contributed by atoms with Crippen LogP contribution >= 0.6 is 0 Å². The maximum absolute atomic E-state index is 11.9. The van der Waals surface area contributed by atoms with Gasteiger partial charge in [0.05, 0.1) is 0 Å². The van der Waals surface area contributed by atoms with Crippen LogP contribution in [-0.4, -0.2) is 12.1 Å². The van der Waals surface area contributed by atoms with Gasteiger partial charge in [0.25, 0.3) is 0 Å². The molecular weight excluding hydrogens is 368 g/mol. The van der Waals surface area contributed by atoms with E-state index in [0.717, 1.165) is 19.3 Å². The van der Waals surface area contributed by atoms with Crippen molar-refractivity contribution in [2.24, 2.45) is 0 Å². The molecule has 0 aromatic carbocycles. The molecule has 0 aromatic heterocycles. The van der Waals surface area contributed by atoms with E-state index in [1.807, 2.05) is 0 Å². The Morgan fingerprint density at radius 1 is 0.567 bits per heavy atom. The predicted molar refractivity (Wildman–Crippen MR) is 131 cm³/mol. The van der Waals surface area contributed by atoms with Crippen molar-refractivity contribution >= 4 is 5.97 Å². The van der Waals surface area contributed by atoms with Crippen molar-refractivity contribution in [1.29, 1.82) is 0 Å². The van der Waals surface area contributed by atoms with Crippen molar-refractivity contribution in [1.82, 2.24) is 0 Å². The fourth-order valence-electron chi connectivity index (χ4n) is 4.78. The smallest absolute Gasteiger partial charge is 0.306 e. The summed E-state index contributed by atoms with van der Waals surface area (Å²) in [5.74, 6) is 0.0499. The number of hydrogen-bond donors (Lipinski definition) is 0. The molecule has 0 unspecified atom stereocenters. The van der Waals surface area contributed by atoms with Crippen LogP contribution in [0.1, 0.15) is 167 Å². The monoisotopic (exact) mass is 422 g/mol. The van der Waals surface area contributed by atoms with Crippen LogP contribution in [0.5, 0.6) is 0 Å². The Morgan fingerprint density at radius 3 is 1.33 bits per heavy atom. The molecule has 0 saturated heterocycles. The van der Waals surface area contributed by atoms with Crippen LogP contribution < -0.4 is 0 Å². The predicted octanol–water partition coefficient (Wildman–Crippen LogP) is 9.68. The lowest BCUT2D eigenvalue weighted by molar-refractivity contribution is -0.150. The molecule has 0 bridgehead atoms. The second-order valence-electron chi connectivity index (χ2n) is 9.86. The minimum absolute atomic E-state index is 0.0499. The first-order valence-electron chi connectivity index (χ1n) is 14.0. The van der Waals surface area contributed by atoms with Gasteiger partial charge in [0.2, 0.25) is 0 Å². The third-order valence-corrected chi connectivity index (χ3v) is 6.83. The lowest BCUT2D eigenvalue weighted by Crippen LogP contribution is -2.20. The van der Waals surface area contributed by atoms with Crippen LogP contribution in [0.2, 0.25) is 0 Å². The fourth-order valence-corrected chi connectivity index (χ4v) is 4.78. The van der Waals surface area contributed by atoms with Crippen LogP contribution in [0.3, 0.4) is 0 Å². The first kappa shape index (κ1) is 27.5. The molecule has 1 saturated carbocycles. The minimum atomic E-state index is 0.0499. The van der Waals surface area contributed by atoms with Gasteiger partial charge in [-0.15, -0.1) is 0 Å². The topological polar surface area (TPSA) is 26.3 Å². The van der Waals surface area contributed by atoms with Crippen LogP contribution in [0.15, 0.2) is 0 Å². The molecule has 2 heteroatoms. The van der Waals surface area contributed by atoms with Gasteiger partial charge in [-0.05, 0) is 32.1 Å². The van der Waals surface area contributed by atoms with Gasteiger partial charge in [-0.25, -0.2) is 0 Å². The normalized spacial score (nSPS) is 14.8. The average molecular weight is 423 g/mol. The summed E-state index contributed by atoms with van der Waals surface area (Å²) in [6.07, 6.45) is 33.2. The number of carbonyl (C=O) groups excluding carboxylic acids is 1. The molecule has 0 heterocycles. The second kappa shape index (κ2) is 21.7. The molecule has 2 nitrogen and oxygen atoms in total. The molecule has 0 amide bonds. The quantitative estimate of drug-likeness (QED) is 0.136. The Kier molecular flexibility index (Phi) is 19.9. The molecule has 0 radical (unpaired) electrons. The number of unbranched alkanes of at least 4 members (excludes halogenated alkanes) is 18. The van der Waals surface area contributed by atoms with Crippen molar-refractivity contribution in [2.75, 3.05) is 0 Å². The van der Waals surface area contributed by atoms with E-state index in [1.54, 1.807) is 0 Å². The summed E-state index contributed by atoms with van der Waals surface area (Å²) in [5.41, 5.74) is 0. The Labute approximate surface area is 189 Å². The lowest BCUT2D eigenvalue weighted by Gasteiger charge is -2.21. The van der Waals surface area contributed by atoms with Gasteiger partial charge in [-0.2, -0.15) is 0 Å². The molecule has 0 spiro atoms. The van der Waals surface area contributed by atoms with Crippen LogP contribution in [0.25, 0.3) is 0 Å². The van der Waals surface area contributed by atoms with Gasteiger partial charge in [0, 0.05) is 6.42 Å². The molecule has 1 rings (SSSR count). The summed E-state index contributed by atoms with van der Waals surface area (Å²) in [5, 5.41) is 0. The summed E-state index contributed by atoms with van der Waals surface area (Å²) in [7, 11) is 0.